The van der Waals surface area contributed by atoms with Crippen molar-refractivity contribution in [2.45, 2.75) is 11.6 Å². The summed E-state index contributed by atoms with van der Waals surface area (Å²) in [6.07, 6.45) is 0. The number of hydrogen-bond acceptors (Lipinski definition) is 1. The van der Waals surface area contributed by atoms with Gasteiger partial charge in [-0.25, -0.2) is 0 Å². The van der Waals surface area contributed by atoms with Gasteiger partial charge < -0.3 is 0 Å². The Morgan fingerprint density at radius 2 is 2.20 bits per heavy atom. The predicted molar refractivity (Wildman–Crippen MR) is 23.4 cm³/mol. The highest BCUT2D eigenvalue weighted by atomic mass is 35.5. The van der Waals surface area contributed by atoms with E-state index < -0.39 is 0 Å². The molecule has 0 aromatic carbocycles. The fourth-order valence-electron chi connectivity index (χ4n) is 0. The lowest BCUT2D eigenvalue weighted by atomic mass is 11.0. The Hall–Kier alpha value is 0.310. The molecule has 0 aliphatic carbocycles. The van der Waals surface area contributed by atoms with Gasteiger partial charge in [-0.1, -0.05) is 0 Å². The van der Waals surface area contributed by atoms with Gasteiger partial charge in [0.15, 0.2) is 0 Å². The molecule has 0 saturated carbocycles. The summed E-state index contributed by atoms with van der Waals surface area (Å²) >= 11 is 5.51. The Kier molecular flexibility index (Phi) is 2.70. The molecule has 0 radical (unpaired) electrons. The van der Waals surface area contributed by atoms with Gasteiger partial charge in [0.05, 0.1) is 0 Å². The fraction of sp³-hybridized carbons (Fsp3) is 1.00. The zero-order valence-corrected chi connectivity index (χ0v) is 4.34. The second-order valence-corrected chi connectivity index (χ2v) is 2.45. The second-order valence-electron chi connectivity index (χ2n) is 0.639. The summed E-state index contributed by atoms with van der Waals surface area (Å²) in [5.74, 6) is 0. The lowest BCUT2D eigenvalue weighted by Gasteiger charge is -1.56. The maximum atomic E-state index is 9.41. The maximum absolute atomic E-state index is 9.41. The Morgan fingerprint density at radius 1 is 2.00 bits per heavy atom. The molecule has 0 N–H and O–H groups in total. The average Bonchev–Trinajstić information content (AvgIpc) is 1.38. The Balaban J connectivity index is 2.83. The summed E-state index contributed by atoms with van der Waals surface area (Å²) in [7, 11) is 0. The fourth-order valence-corrected chi connectivity index (χ4v) is 0. The second kappa shape index (κ2) is 2.54. The van der Waals surface area contributed by atoms with Gasteiger partial charge in [0, 0.05) is 11.1 Å². The van der Waals surface area contributed by atoms with Crippen LogP contribution in [0.3, 0.4) is 0 Å². The normalized spacial score (nSPS) is 14.0. The molecule has 0 rings (SSSR count). The Labute approximate surface area is 39.8 Å². The van der Waals surface area contributed by atoms with Gasteiger partial charge in [0.25, 0.3) is 0 Å². The van der Waals surface area contributed by atoms with Gasteiger partial charge in [-0.2, -0.15) is 0 Å². The van der Waals surface area contributed by atoms with E-state index in [0.29, 0.717) is 11.7 Å². The molecule has 1 atom stereocenters. The summed E-state index contributed by atoms with van der Waals surface area (Å²) in [6, 6.07) is 0. The molecule has 1 nitrogen and oxygen atoms in total. The highest BCUT2D eigenvalue weighted by Crippen LogP contribution is 1.86. The summed E-state index contributed by atoms with van der Waals surface area (Å²) in [4.78, 5) is 0. The van der Waals surface area contributed by atoms with Crippen LogP contribution in [0.15, 0.2) is 0 Å². The monoisotopic (exact) mass is 111 g/mol. The van der Waals surface area contributed by atoms with Crippen molar-refractivity contribution in [3.63, 3.8) is 0 Å². The van der Waals surface area contributed by atoms with Crippen LogP contribution in [0.2, 0.25) is 0 Å². The van der Waals surface area contributed by atoms with E-state index in [0.717, 1.165) is 0 Å². The van der Waals surface area contributed by atoms with Crippen molar-refractivity contribution in [1.82, 2.24) is 0 Å². The smallest absolute Gasteiger partial charge is 0.0498 e. The molecule has 5 heavy (non-hydrogen) atoms. The van der Waals surface area contributed by atoms with E-state index in [1.165, 1.54) is 0 Å². The first-order valence-electron chi connectivity index (χ1n) is 1.20. The molecule has 0 aliphatic rings. The molecule has 30 valence electrons. The van der Waals surface area contributed by atoms with Gasteiger partial charge in [0.2, 0.25) is 0 Å². The molecular weight excluding hydrogens is 108 g/mol. The van der Waals surface area contributed by atoms with E-state index in [4.69, 9.17) is 11.6 Å². The van der Waals surface area contributed by atoms with Crippen LogP contribution in [-0.2, 0) is 15.9 Å². The maximum Gasteiger partial charge on any atom is 0.479 e. The zero-order valence-electron chi connectivity index (χ0n) is 2.77. The molecule has 0 aromatic heterocycles. The lowest BCUT2D eigenvalue weighted by molar-refractivity contribution is 0.604. The number of halogens is 1. The van der Waals surface area contributed by atoms with E-state index in [-0.39, 0.29) is 4.71 Å². The Morgan fingerprint density at radius 3 is 2.20 bits per heavy atom. The van der Waals surface area contributed by atoms with Crippen molar-refractivity contribution in [2.75, 3.05) is 0 Å². The van der Waals surface area contributed by atoms with Crippen molar-refractivity contribution in [3.05, 3.63) is 0 Å². The van der Waals surface area contributed by atoms with Crippen LogP contribution in [0.1, 0.15) is 6.92 Å². The first-order valence-corrected chi connectivity index (χ1v) is 2.44. The highest BCUT2D eigenvalue weighted by Gasteiger charge is 2.04. The van der Waals surface area contributed by atoms with E-state index in [1.807, 2.05) is 0 Å². The Bertz CT molecular complexity index is 36.6. The summed E-state index contributed by atoms with van der Waals surface area (Å²) in [5, 5.41) is 0. The molecule has 0 aromatic rings. The third-order valence-electron chi connectivity index (χ3n) is 0.133. The van der Waals surface area contributed by atoms with Crippen molar-refractivity contribution >= 4 is 23.3 Å². The minimum atomic E-state index is -0.282. The van der Waals surface area contributed by atoms with Crippen LogP contribution in [0.5, 0.6) is 0 Å². The van der Waals surface area contributed by atoms with Gasteiger partial charge in [0.1, 0.15) is 0 Å². The summed E-state index contributed by atoms with van der Waals surface area (Å²) < 4.78 is 9.13. The summed E-state index contributed by atoms with van der Waals surface area (Å²) in [6.45, 7) is 1.64. The quantitative estimate of drug-likeness (QED) is 0.365. The molecule has 0 bridgehead atoms. The van der Waals surface area contributed by atoms with Crippen LogP contribution < -0.4 is 0 Å². The van der Waals surface area contributed by atoms with Crippen LogP contribution in [0, 0.1) is 0 Å². The number of alkyl halides is 1. The van der Waals surface area contributed by atoms with Gasteiger partial charge in [-0.05, 0) is 11.6 Å². The van der Waals surface area contributed by atoms with E-state index >= 15 is 0 Å². The van der Waals surface area contributed by atoms with E-state index in [1.54, 1.807) is 6.92 Å². The molecule has 0 amide bonds. The average molecular weight is 112 g/mol. The third kappa shape index (κ3) is 4.31. The predicted octanol–water partition coefficient (Wildman–Crippen LogP) is 0.999. The minimum Gasteiger partial charge on any atom is -0.0498 e. The van der Waals surface area contributed by atoms with Crippen molar-refractivity contribution in [2.24, 2.45) is 0 Å². The van der Waals surface area contributed by atoms with Gasteiger partial charge in [-0.3, -0.25) is 0 Å². The van der Waals surface area contributed by atoms with Crippen LogP contribution in [-0.4, -0.2) is 4.71 Å². The number of rotatable bonds is 1. The number of hydrogen-bond donors (Lipinski definition) is 0. The van der Waals surface area contributed by atoms with Gasteiger partial charge >= 0.3 is 16.4 Å². The lowest BCUT2D eigenvalue weighted by Crippen LogP contribution is -1.79. The largest absolute Gasteiger partial charge is 0.479 e. The molecule has 3 heteroatoms. The van der Waals surface area contributed by atoms with Crippen molar-refractivity contribution in [3.8, 4) is 0 Å². The minimum absolute atomic E-state index is 0.282. The summed E-state index contributed by atoms with van der Waals surface area (Å²) in [5.41, 5.74) is 0. The first kappa shape index (κ1) is 5.31. The molecule has 0 spiro atoms. The molecule has 0 fully saturated rings. The molecule has 0 saturated heterocycles. The van der Waals surface area contributed by atoms with Crippen LogP contribution in [0.4, 0.5) is 0 Å². The SMILES string of the molecule is CC(Cl)[S+]=O. The third-order valence-corrected chi connectivity index (χ3v) is 0.616. The van der Waals surface area contributed by atoms with Crippen molar-refractivity contribution in [1.29, 1.82) is 0 Å². The topological polar surface area (TPSA) is 17.1 Å². The standard InChI is InChI=1S/C2H4ClOS/c1-2(3)5-4/h2H,1H3/q+1. The molecule has 0 heterocycles. The first-order chi connectivity index (χ1) is 2.27. The molecular formula is C2H4ClOS+. The zero-order chi connectivity index (χ0) is 4.28. The highest BCUT2D eigenvalue weighted by molar-refractivity contribution is 7.67. The van der Waals surface area contributed by atoms with E-state index in [2.05, 4.69) is 0 Å². The van der Waals surface area contributed by atoms with Crippen molar-refractivity contribution < 1.29 is 4.21 Å². The van der Waals surface area contributed by atoms with E-state index in [9.17, 15) is 4.21 Å². The molecule has 0 aliphatic heterocycles. The van der Waals surface area contributed by atoms with Crippen LogP contribution in [0.25, 0.3) is 0 Å². The van der Waals surface area contributed by atoms with Gasteiger partial charge in [-0.15, -0.1) is 0 Å². The van der Waals surface area contributed by atoms with Crippen LogP contribution >= 0.6 is 11.6 Å². The molecule has 1 unspecified atom stereocenters.